The fourth-order valence-electron chi connectivity index (χ4n) is 4.25. The molecule has 2 aromatic carbocycles. The van der Waals surface area contributed by atoms with Crippen molar-refractivity contribution >= 4 is 34.4 Å². The number of anilines is 1. The maximum absolute atomic E-state index is 13.3. The zero-order chi connectivity index (χ0) is 25.7. The summed E-state index contributed by atoms with van der Waals surface area (Å²) in [6.07, 6.45) is 2.47. The molecule has 1 aliphatic heterocycles. The van der Waals surface area contributed by atoms with Crippen LogP contribution in [0.15, 0.2) is 54.7 Å². The van der Waals surface area contributed by atoms with E-state index in [0.29, 0.717) is 31.1 Å². The van der Waals surface area contributed by atoms with Crippen LogP contribution in [0.4, 0.5) is 5.82 Å². The lowest BCUT2D eigenvalue weighted by molar-refractivity contribution is -0.149. The number of hydrogen-bond donors (Lipinski definition) is 4. The second kappa shape index (κ2) is 11.0. The molecule has 4 rings (SSSR count). The van der Waals surface area contributed by atoms with Gasteiger partial charge in [0.1, 0.15) is 17.6 Å². The summed E-state index contributed by atoms with van der Waals surface area (Å²) in [5.41, 5.74) is 7.65. The van der Waals surface area contributed by atoms with Crippen LogP contribution >= 0.6 is 0 Å². The van der Waals surface area contributed by atoms with Gasteiger partial charge in [-0.25, -0.2) is 4.98 Å². The number of nitrogens with zero attached hydrogens (tertiary/aromatic N) is 2. The van der Waals surface area contributed by atoms with E-state index in [9.17, 15) is 14.4 Å². The van der Waals surface area contributed by atoms with Gasteiger partial charge in [-0.2, -0.15) is 0 Å². The molecule has 1 aromatic heterocycles. The molecule has 10 nitrogen and oxygen atoms in total. The normalized spacial score (nSPS) is 15.7. The summed E-state index contributed by atoms with van der Waals surface area (Å²) in [5.74, 6) is -0.468. The zero-order valence-electron chi connectivity index (χ0n) is 19.9. The lowest BCUT2D eigenvalue weighted by Gasteiger charge is -2.41. The maximum atomic E-state index is 13.3. The summed E-state index contributed by atoms with van der Waals surface area (Å²) < 4.78 is 5.17. The molecule has 5 N–H and O–H groups in total. The minimum absolute atomic E-state index is 0.245. The van der Waals surface area contributed by atoms with Crippen LogP contribution in [0.25, 0.3) is 10.8 Å². The van der Waals surface area contributed by atoms with Crippen molar-refractivity contribution in [2.45, 2.75) is 31.5 Å². The lowest BCUT2D eigenvalue weighted by Crippen LogP contribution is -2.62. The van der Waals surface area contributed by atoms with Gasteiger partial charge in [0.05, 0.1) is 19.7 Å². The van der Waals surface area contributed by atoms with Crippen LogP contribution < -0.4 is 21.1 Å². The average Bonchev–Trinajstić information content (AvgIpc) is 2.85. The fraction of sp³-hybridized carbons (Fsp3) is 0.308. The Morgan fingerprint density at radius 3 is 2.58 bits per heavy atom. The third kappa shape index (κ3) is 5.72. The van der Waals surface area contributed by atoms with Crippen LogP contribution in [-0.2, 0) is 27.3 Å². The molecule has 1 aliphatic rings. The van der Waals surface area contributed by atoms with Gasteiger partial charge < -0.3 is 25.8 Å². The third-order valence-electron chi connectivity index (χ3n) is 6.33. The quantitative estimate of drug-likeness (QED) is 0.332. The SMILES string of the molecule is COc1ccc(C[C@@H](NCC(=O)O)C(=O)N2CC[C@H]2C(=O)NCc2ccc3c(N)nccc3c2)cc1. The minimum atomic E-state index is -1.06. The van der Waals surface area contributed by atoms with Gasteiger partial charge in [0, 0.05) is 24.7 Å². The Labute approximate surface area is 208 Å². The molecule has 1 saturated heterocycles. The van der Waals surface area contributed by atoms with Gasteiger partial charge >= 0.3 is 5.97 Å². The molecule has 0 aliphatic carbocycles. The number of likely N-dealkylation sites (tertiary alicyclic amines) is 1. The molecular weight excluding hydrogens is 462 g/mol. The summed E-state index contributed by atoms with van der Waals surface area (Å²) in [4.78, 5) is 42.9. The second-order valence-electron chi connectivity index (χ2n) is 8.69. The Morgan fingerprint density at radius 2 is 1.92 bits per heavy atom. The van der Waals surface area contributed by atoms with Crippen molar-refractivity contribution in [1.82, 2.24) is 20.5 Å². The average molecular weight is 492 g/mol. The Morgan fingerprint density at radius 1 is 1.17 bits per heavy atom. The zero-order valence-corrected chi connectivity index (χ0v) is 19.9. The Bertz CT molecular complexity index is 1260. The number of carbonyl (C=O) groups is 3. The summed E-state index contributed by atoms with van der Waals surface area (Å²) in [5, 5.41) is 16.6. The van der Waals surface area contributed by atoms with Crippen molar-refractivity contribution < 1.29 is 24.2 Å². The van der Waals surface area contributed by atoms with Crippen LogP contribution in [0.1, 0.15) is 17.5 Å². The molecule has 0 bridgehead atoms. The number of nitrogens with two attached hydrogens (primary N) is 1. The fourth-order valence-corrected chi connectivity index (χ4v) is 4.25. The predicted octanol–water partition coefficient (Wildman–Crippen LogP) is 1.33. The summed E-state index contributed by atoms with van der Waals surface area (Å²) in [6.45, 7) is 0.383. The number of nitrogen functional groups attached to an aromatic ring is 1. The molecule has 0 spiro atoms. The number of methoxy groups -OCH3 is 1. The molecule has 3 aromatic rings. The molecule has 0 saturated carbocycles. The van der Waals surface area contributed by atoms with E-state index in [0.717, 1.165) is 21.9 Å². The van der Waals surface area contributed by atoms with Crippen molar-refractivity contribution in [3.63, 3.8) is 0 Å². The van der Waals surface area contributed by atoms with Gasteiger partial charge in [-0.15, -0.1) is 0 Å². The van der Waals surface area contributed by atoms with Crippen molar-refractivity contribution in [3.8, 4) is 5.75 Å². The first-order valence-electron chi connectivity index (χ1n) is 11.6. The number of pyridine rings is 1. The Balaban J connectivity index is 1.39. The number of ether oxygens (including phenoxy) is 1. The molecule has 2 heterocycles. The molecule has 10 heteroatoms. The highest BCUT2D eigenvalue weighted by Crippen LogP contribution is 2.22. The van der Waals surface area contributed by atoms with Crippen LogP contribution in [-0.4, -0.2) is 65.1 Å². The highest BCUT2D eigenvalue weighted by molar-refractivity contribution is 5.92. The van der Waals surface area contributed by atoms with E-state index in [-0.39, 0.29) is 24.8 Å². The maximum Gasteiger partial charge on any atom is 0.317 e. The highest BCUT2D eigenvalue weighted by Gasteiger charge is 2.40. The Hall–Kier alpha value is -4.18. The van der Waals surface area contributed by atoms with Crippen LogP contribution in [0.3, 0.4) is 0 Å². The number of fused-ring (bicyclic) bond motifs is 1. The van der Waals surface area contributed by atoms with Crippen molar-refractivity contribution in [3.05, 3.63) is 65.9 Å². The molecule has 2 amide bonds. The van der Waals surface area contributed by atoms with E-state index in [1.807, 2.05) is 36.4 Å². The smallest absolute Gasteiger partial charge is 0.317 e. The van der Waals surface area contributed by atoms with Gasteiger partial charge in [0.2, 0.25) is 11.8 Å². The van der Waals surface area contributed by atoms with Crippen LogP contribution in [0.2, 0.25) is 0 Å². The van der Waals surface area contributed by atoms with Crippen LogP contribution in [0.5, 0.6) is 5.75 Å². The Kier molecular flexibility index (Phi) is 7.65. The number of amides is 2. The standard InChI is InChI=1S/C26H29N5O5/c1-36-19-5-2-16(3-6-19)13-21(29-15-23(32)33)26(35)31-11-9-22(31)25(34)30-14-17-4-7-20-18(12-17)8-10-28-24(20)27/h2-8,10,12,21-22,29H,9,11,13-15H2,1H3,(H2,27,28)(H,30,34)(H,32,33)/t21-,22+/m1/s1. The van der Waals surface area contributed by atoms with E-state index >= 15 is 0 Å². The topological polar surface area (TPSA) is 147 Å². The van der Waals surface area contributed by atoms with Crippen LogP contribution in [0, 0.1) is 0 Å². The molecule has 188 valence electrons. The monoisotopic (exact) mass is 491 g/mol. The predicted molar refractivity (Wildman–Crippen MR) is 134 cm³/mol. The number of carboxylic acid groups (broad SMARTS) is 1. The largest absolute Gasteiger partial charge is 0.497 e. The van der Waals surface area contributed by atoms with E-state index in [1.165, 1.54) is 4.90 Å². The summed E-state index contributed by atoms with van der Waals surface area (Å²) >= 11 is 0. The molecule has 2 atom stereocenters. The van der Waals surface area contributed by atoms with Crippen molar-refractivity contribution in [2.75, 3.05) is 25.9 Å². The minimum Gasteiger partial charge on any atom is -0.497 e. The van der Waals surface area contributed by atoms with E-state index in [2.05, 4.69) is 15.6 Å². The first-order chi connectivity index (χ1) is 17.4. The number of aliphatic carboxylic acids is 1. The highest BCUT2D eigenvalue weighted by atomic mass is 16.5. The van der Waals surface area contributed by atoms with Gasteiger partial charge in [0.25, 0.3) is 0 Å². The number of rotatable bonds is 10. The van der Waals surface area contributed by atoms with Crippen molar-refractivity contribution in [2.24, 2.45) is 0 Å². The summed E-state index contributed by atoms with van der Waals surface area (Å²) in [7, 11) is 1.57. The number of carboxylic acids is 1. The second-order valence-corrected chi connectivity index (χ2v) is 8.69. The van der Waals surface area contributed by atoms with E-state index in [1.54, 1.807) is 25.4 Å². The molecular formula is C26H29N5O5. The van der Waals surface area contributed by atoms with Crippen molar-refractivity contribution in [1.29, 1.82) is 0 Å². The molecule has 1 fully saturated rings. The number of nitrogens with one attached hydrogen (secondary N) is 2. The van der Waals surface area contributed by atoms with E-state index < -0.39 is 18.1 Å². The van der Waals surface area contributed by atoms with Gasteiger partial charge in [0.15, 0.2) is 0 Å². The van der Waals surface area contributed by atoms with Gasteiger partial charge in [-0.3, -0.25) is 19.7 Å². The molecule has 0 radical (unpaired) electrons. The number of benzene rings is 2. The number of hydrogen-bond acceptors (Lipinski definition) is 7. The molecule has 0 unspecified atom stereocenters. The molecule has 36 heavy (non-hydrogen) atoms. The van der Waals surface area contributed by atoms with E-state index in [4.69, 9.17) is 15.6 Å². The number of aromatic nitrogens is 1. The van der Waals surface area contributed by atoms with Gasteiger partial charge in [-0.1, -0.05) is 24.3 Å². The third-order valence-corrected chi connectivity index (χ3v) is 6.33. The van der Waals surface area contributed by atoms with Gasteiger partial charge in [-0.05, 0) is 53.6 Å². The lowest BCUT2D eigenvalue weighted by atomic mass is 9.97. The number of carbonyl (C=O) groups excluding carboxylic acids is 2. The summed E-state index contributed by atoms with van der Waals surface area (Å²) in [6, 6.07) is 13.4. The first-order valence-corrected chi connectivity index (χ1v) is 11.6. The first kappa shape index (κ1) is 24.9.